The summed E-state index contributed by atoms with van der Waals surface area (Å²) in [5.41, 5.74) is 7.42. The summed E-state index contributed by atoms with van der Waals surface area (Å²) in [5.74, 6) is 1.52. The van der Waals surface area contributed by atoms with Gasteiger partial charge in [0.25, 0.3) is 5.56 Å². The van der Waals surface area contributed by atoms with Crippen LogP contribution in [0.3, 0.4) is 0 Å². The molecule has 0 spiro atoms. The van der Waals surface area contributed by atoms with E-state index in [1.54, 1.807) is 28.8 Å². The van der Waals surface area contributed by atoms with Crippen LogP contribution in [0.15, 0.2) is 41.5 Å². The molecule has 4 aromatic rings. The highest BCUT2D eigenvalue weighted by molar-refractivity contribution is 6.35. The van der Waals surface area contributed by atoms with Crippen molar-refractivity contribution in [2.75, 3.05) is 11.9 Å². The minimum Gasteiger partial charge on any atom is -0.358 e. The largest absolute Gasteiger partial charge is 0.358 e. The molecule has 1 aliphatic rings. The molecule has 1 fully saturated rings. The van der Waals surface area contributed by atoms with E-state index in [4.69, 9.17) is 33.9 Å². The Morgan fingerprint density at radius 1 is 1.12 bits per heavy atom. The first-order valence-electron chi connectivity index (χ1n) is 10.5. The van der Waals surface area contributed by atoms with Gasteiger partial charge in [0.05, 0.1) is 27.5 Å². The molecule has 0 radical (unpaired) electrons. The Morgan fingerprint density at radius 3 is 2.75 bits per heavy atom. The van der Waals surface area contributed by atoms with Gasteiger partial charge in [-0.1, -0.05) is 29.3 Å². The SMILES string of the molecule is NCCCn1c(C(Nc2ncnc3ccc(Cl)nc23)C2CC2)nc2cccc(Cl)c2c1=O. The molecule has 5 rings (SSSR count). The Bertz CT molecular complexity index is 1370. The van der Waals surface area contributed by atoms with Gasteiger partial charge in [-0.3, -0.25) is 9.36 Å². The highest BCUT2D eigenvalue weighted by Gasteiger charge is 2.36. The zero-order valence-electron chi connectivity index (χ0n) is 17.1. The van der Waals surface area contributed by atoms with Crippen LogP contribution in [-0.2, 0) is 6.54 Å². The number of halogens is 2. The summed E-state index contributed by atoms with van der Waals surface area (Å²) >= 11 is 12.5. The fraction of sp³-hybridized carbons (Fsp3) is 0.318. The van der Waals surface area contributed by atoms with Crippen LogP contribution in [0.5, 0.6) is 0 Å². The predicted molar refractivity (Wildman–Crippen MR) is 126 cm³/mol. The van der Waals surface area contributed by atoms with E-state index in [0.29, 0.717) is 69.2 Å². The number of anilines is 1. The number of pyridine rings is 1. The lowest BCUT2D eigenvalue weighted by Gasteiger charge is -2.23. The van der Waals surface area contributed by atoms with Crippen LogP contribution in [-0.4, -0.2) is 31.0 Å². The predicted octanol–water partition coefficient (Wildman–Crippen LogP) is 3.95. The van der Waals surface area contributed by atoms with Crippen molar-refractivity contribution in [3.05, 3.63) is 63.0 Å². The molecule has 1 aromatic carbocycles. The van der Waals surface area contributed by atoms with Crippen molar-refractivity contribution in [2.24, 2.45) is 11.7 Å². The summed E-state index contributed by atoms with van der Waals surface area (Å²) in [6.07, 6.45) is 4.18. The fourth-order valence-electron chi connectivity index (χ4n) is 3.94. The van der Waals surface area contributed by atoms with Crippen LogP contribution in [0.4, 0.5) is 5.82 Å². The van der Waals surface area contributed by atoms with Crippen molar-refractivity contribution in [3.63, 3.8) is 0 Å². The lowest BCUT2D eigenvalue weighted by molar-refractivity contribution is 0.531. The van der Waals surface area contributed by atoms with Gasteiger partial charge in [0.2, 0.25) is 0 Å². The van der Waals surface area contributed by atoms with Gasteiger partial charge in [-0.15, -0.1) is 0 Å². The van der Waals surface area contributed by atoms with Crippen LogP contribution in [0.2, 0.25) is 10.2 Å². The zero-order chi connectivity index (χ0) is 22.2. The maximum atomic E-state index is 13.4. The molecule has 0 amide bonds. The maximum Gasteiger partial charge on any atom is 0.262 e. The van der Waals surface area contributed by atoms with Gasteiger partial charge >= 0.3 is 0 Å². The molecular weight excluding hydrogens is 449 g/mol. The van der Waals surface area contributed by atoms with Crippen molar-refractivity contribution < 1.29 is 0 Å². The standard InChI is InChI=1S/C22H21Cl2N7O/c23-13-3-1-4-14-17(13)22(32)31(10-2-9-25)21(28-14)18(12-5-6-12)30-20-19-15(26-11-27-20)7-8-16(24)29-19/h1,3-4,7-8,11-12,18H,2,5-6,9-10,25H2,(H,26,27,30). The molecule has 1 atom stereocenters. The fourth-order valence-corrected chi connectivity index (χ4v) is 4.33. The Kier molecular flexibility index (Phi) is 5.67. The molecule has 1 unspecified atom stereocenters. The number of hydrogen-bond donors (Lipinski definition) is 2. The van der Waals surface area contributed by atoms with E-state index >= 15 is 0 Å². The van der Waals surface area contributed by atoms with Crippen molar-refractivity contribution in [1.29, 1.82) is 0 Å². The zero-order valence-corrected chi connectivity index (χ0v) is 18.6. The molecule has 10 heteroatoms. The number of rotatable bonds is 7. The first-order valence-corrected chi connectivity index (χ1v) is 11.2. The number of benzene rings is 1. The smallest absolute Gasteiger partial charge is 0.262 e. The molecular formula is C22H21Cl2N7O. The third-order valence-electron chi connectivity index (χ3n) is 5.66. The van der Waals surface area contributed by atoms with Crippen molar-refractivity contribution in [3.8, 4) is 0 Å². The first-order chi connectivity index (χ1) is 15.6. The highest BCUT2D eigenvalue weighted by Crippen LogP contribution is 2.43. The minimum absolute atomic E-state index is 0.162. The first kappa shape index (κ1) is 21.1. The van der Waals surface area contributed by atoms with Crippen LogP contribution in [0.1, 0.15) is 31.1 Å². The van der Waals surface area contributed by atoms with Crippen LogP contribution in [0.25, 0.3) is 21.9 Å². The van der Waals surface area contributed by atoms with Crippen molar-refractivity contribution in [2.45, 2.75) is 31.8 Å². The average molecular weight is 470 g/mol. The number of aromatic nitrogens is 5. The number of nitrogens with one attached hydrogen (secondary N) is 1. The number of fused-ring (bicyclic) bond motifs is 2. The Balaban J connectivity index is 1.67. The van der Waals surface area contributed by atoms with Gasteiger partial charge in [0.15, 0.2) is 5.82 Å². The van der Waals surface area contributed by atoms with E-state index in [2.05, 4.69) is 20.3 Å². The molecule has 3 heterocycles. The van der Waals surface area contributed by atoms with E-state index in [-0.39, 0.29) is 11.6 Å². The lowest BCUT2D eigenvalue weighted by Crippen LogP contribution is -2.31. The van der Waals surface area contributed by atoms with E-state index in [1.807, 2.05) is 6.07 Å². The molecule has 1 saturated carbocycles. The monoisotopic (exact) mass is 469 g/mol. The summed E-state index contributed by atoms with van der Waals surface area (Å²) in [6.45, 7) is 0.922. The summed E-state index contributed by atoms with van der Waals surface area (Å²) in [5, 5.41) is 4.66. The summed E-state index contributed by atoms with van der Waals surface area (Å²) in [7, 11) is 0. The van der Waals surface area contributed by atoms with Gasteiger partial charge in [-0.05, 0) is 56.0 Å². The van der Waals surface area contributed by atoms with Gasteiger partial charge in [-0.25, -0.2) is 19.9 Å². The third-order valence-corrected chi connectivity index (χ3v) is 6.19. The Labute approximate surface area is 193 Å². The van der Waals surface area contributed by atoms with E-state index < -0.39 is 0 Å². The second kappa shape index (κ2) is 8.61. The topological polar surface area (TPSA) is 112 Å². The second-order valence-electron chi connectivity index (χ2n) is 7.89. The minimum atomic E-state index is -0.234. The molecule has 0 bridgehead atoms. The van der Waals surface area contributed by atoms with E-state index in [0.717, 1.165) is 12.8 Å². The van der Waals surface area contributed by atoms with Gasteiger partial charge in [-0.2, -0.15) is 0 Å². The molecule has 0 aliphatic heterocycles. The summed E-state index contributed by atoms with van der Waals surface area (Å²) in [6, 6.07) is 8.58. The van der Waals surface area contributed by atoms with Gasteiger partial charge in [0, 0.05) is 6.54 Å². The second-order valence-corrected chi connectivity index (χ2v) is 8.68. The number of nitrogens with zero attached hydrogens (tertiary/aromatic N) is 5. The van der Waals surface area contributed by atoms with Crippen LogP contribution in [0, 0.1) is 5.92 Å². The molecule has 8 nitrogen and oxygen atoms in total. The van der Waals surface area contributed by atoms with Crippen molar-refractivity contribution >= 4 is 51.0 Å². The molecule has 3 aromatic heterocycles. The van der Waals surface area contributed by atoms with Crippen molar-refractivity contribution in [1.82, 2.24) is 24.5 Å². The molecule has 32 heavy (non-hydrogen) atoms. The van der Waals surface area contributed by atoms with Crippen LogP contribution < -0.4 is 16.6 Å². The molecule has 3 N–H and O–H groups in total. The molecule has 1 aliphatic carbocycles. The quantitative estimate of drug-likeness (QED) is 0.394. The lowest BCUT2D eigenvalue weighted by atomic mass is 10.1. The average Bonchev–Trinajstić information content (AvgIpc) is 3.62. The number of nitrogens with two attached hydrogens (primary N) is 1. The van der Waals surface area contributed by atoms with E-state index in [9.17, 15) is 4.79 Å². The van der Waals surface area contributed by atoms with Gasteiger partial charge in [0.1, 0.15) is 22.8 Å². The summed E-state index contributed by atoms with van der Waals surface area (Å²) < 4.78 is 1.70. The Hall–Kier alpha value is -2.81. The summed E-state index contributed by atoms with van der Waals surface area (Å²) in [4.78, 5) is 31.4. The molecule has 164 valence electrons. The maximum absolute atomic E-state index is 13.4. The number of hydrogen-bond acceptors (Lipinski definition) is 7. The third kappa shape index (κ3) is 3.90. The Morgan fingerprint density at radius 2 is 1.97 bits per heavy atom. The van der Waals surface area contributed by atoms with Gasteiger partial charge < -0.3 is 11.1 Å². The highest BCUT2D eigenvalue weighted by atomic mass is 35.5. The normalized spacial score (nSPS) is 14.7. The van der Waals surface area contributed by atoms with E-state index in [1.165, 1.54) is 6.33 Å². The molecule has 0 saturated heterocycles. The van der Waals surface area contributed by atoms with Crippen LogP contribution >= 0.6 is 23.2 Å².